The molecule has 0 saturated heterocycles. The molecule has 0 heterocycles. The molecule has 0 bridgehead atoms. The summed E-state index contributed by atoms with van der Waals surface area (Å²) in [6.45, 7) is 1.51. The zero-order chi connectivity index (χ0) is 19.4. The van der Waals surface area contributed by atoms with E-state index in [1.54, 1.807) is 42.5 Å². The lowest BCUT2D eigenvalue weighted by molar-refractivity contribution is -0.147. The van der Waals surface area contributed by atoms with Crippen LogP contribution in [0.5, 0.6) is 0 Å². The van der Waals surface area contributed by atoms with Gasteiger partial charge < -0.3 is 10.1 Å². The van der Waals surface area contributed by atoms with Crippen molar-refractivity contribution in [2.24, 2.45) is 0 Å². The average molecular weight is 365 g/mol. The molecule has 138 valence electrons. The van der Waals surface area contributed by atoms with Crippen molar-refractivity contribution in [3.63, 3.8) is 0 Å². The van der Waals surface area contributed by atoms with Gasteiger partial charge in [0.2, 0.25) is 0 Å². The van der Waals surface area contributed by atoms with Gasteiger partial charge in [-0.05, 0) is 12.5 Å². The van der Waals surface area contributed by atoms with Crippen LogP contribution in [-0.4, -0.2) is 30.0 Å². The van der Waals surface area contributed by atoms with Crippen LogP contribution in [0.3, 0.4) is 0 Å². The van der Waals surface area contributed by atoms with Crippen LogP contribution in [0.1, 0.15) is 58.0 Å². The smallest absolute Gasteiger partial charge is 0.306 e. The maximum Gasteiger partial charge on any atom is 0.306 e. The van der Waals surface area contributed by atoms with E-state index in [-0.39, 0.29) is 34.8 Å². The summed E-state index contributed by atoms with van der Waals surface area (Å²) in [6.07, 6.45) is 1.81. The van der Waals surface area contributed by atoms with Gasteiger partial charge in [-0.3, -0.25) is 19.2 Å². The Labute approximate surface area is 156 Å². The first-order valence-corrected chi connectivity index (χ1v) is 8.79. The van der Waals surface area contributed by atoms with Gasteiger partial charge >= 0.3 is 5.97 Å². The second kappa shape index (κ2) is 7.95. The fraction of sp³-hybridized carbons (Fsp3) is 0.238. The van der Waals surface area contributed by atoms with Gasteiger partial charge in [0.1, 0.15) is 0 Å². The number of benzene rings is 2. The van der Waals surface area contributed by atoms with E-state index in [9.17, 15) is 19.2 Å². The first-order chi connectivity index (χ1) is 13.0. The Morgan fingerprint density at radius 3 is 2.30 bits per heavy atom. The van der Waals surface area contributed by atoms with Gasteiger partial charge in [0.25, 0.3) is 5.91 Å². The van der Waals surface area contributed by atoms with Crippen molar-refractivity contribution in [1.29, 1.82) is 0 Å². The van der Waals surface area contributed by atoms with Gasteiger partial charge in [-0.2, -0.15) is 0 Å². The molecule has 0 spiro atoms. The van der Waals surface area contributed by atoms with Gasteiger partial charge in [0.15, 0.2) is 18.2 Å². The summed E-state index contributed by atoms with van der Waals surface area (Å²) in [5.74, 6) is -1.59. The highest BCUT2D eigenvalue weighted by atomic mass is 16.5. The molecule has 1 amide bonds. The molecule has 1 N–H and O–H groups in total. The van der Waals surface area contributed by atoms with E-state index >= 15 is 0 Å². The summed E-state index contributed by atoms with van der Waals surface area (Å²) < 4.78 is 4.92. The minimum Gasteiger partial charge on any atom is -0.456 e. The van der Waals surface area contributed by atoms with Crippen LogP contribution >= 0.6 is 0 Å². The molecule has 2 aromatic rings. The quantitative estimate of drug-likeness (QED) is 0.678. The zero-order valence-electron chi connectivity index (χ0n) is 14.9. The minimum absolute atomic E-state index is 0.159. The number of amides is 1. The number of ketones is 2. The summed E-state index contributed by atoms with van der Waals surface area (Å²) >= 11 is 0. The average Bonchev–Trinajstić information content (AvgIpc) is 2.68. The molecule has 0 unspecified atom stereocenters. The van der Waals surface area contributed by atoms with E-state index in [0.717, 1.165) is 6.42 Å². The Kier molecular flexibility index (Phi) is 5.45. The fourth-order valence-corrected chi connectivity index (χ4v) is 2.97. The predicted octanol–water partition coefficient (Wildman–Crippen LogP) is 3.13. The molecule has 0 atom stereocenters. The summed E-state index contributed by atoms with van der Waals surface area (Å²) in [7, 11) is 0. The second-order valence-corrected chi connectivity index (χ2v) is 6.24. The number of nitrogens with one attached hydrogen (secondary N) is 1. The molecule has 0 fully saturated rings. The SMILES string of the molecule is CCCCC(=O)OCC(=O)Nc1cccc2c1C(=O)c1ccccc1C2=O. The number of anilines is 1. The third kappa shape index (κ3) is 3.79. The van der Waals surface area contributed by atoms with Crippen LogP contribution in [-0.2, 0) is 14.3 Å². The van der Waals surface area contributed by atoms with Crippen molar-refractivity contribution >= 4 is 29.1 Å². The topological polar surface area (TPSA) is 89.5 Å². The molecule has 3 rings (SSSR count). The Hall–Kier alpha value is -3.28. The molecule has 0 aromatic heterocycles. The molecule has 2 aromatic carbocycles. The number of ether oxygens (including phenoxy) is 1. The molecule has 6 nitrogen and oxygen atoms in total. The molecule has 0 saturated carbocycles. The van der Waals surface area contributed by atoms with Gasteiger partial charge in [0.05, 0.1) is 11.3 Å². The van der Waals surface area contributed by atoms with Crippen LogP contribution in [0.2, 0.25) is 0 Å². The number of fused-ring (bicyclic) bond motifs is 2. The molecule has 1 aliphatic carbocycles. The molecule has 0 radical (unpaired) electrons. The number of hydrogen-bond donors (Lipinski definition) is 1. The van der Waals surface area contributed by atoms with Crippen molar-refractivity contribution in [1.82, 2.24) is 0 Å². The molecule has 6 heteroatoms. The predicted molar refractivity (Wildman–Crippen MR) is 98.9 cm³/mol. The van der Waals surface area contributed by atoms with Gasteiger partial charge in [-0.25, -0.2) is 0 Å². The van der Waals surface area contributed by atoms with Gasteiger partial charge in [-0.15, -0.1) is 0 Å². The van der Waals surface area contributed by atoms with E-state index in [4.69, 9.17) is 4.74 Å². The highest BCUT2D eigenvalue weighted by molar-refractivity contribution is 6.30. The highest BCUT2D eigenvalue weighted by Crippen LogP contribution is 2.31. The number of carbonyl (C=O) groups is 4. The summed E-state index contributed by atoms with van der Waals surface area (Å²) in [5.41, 5.74) is 1.30. The van der Waals surface area contributed by atoms with Crippen LogP contribution in [0.25, 0.3) is 0 Å². The van der Waals surface area contributed by atoms with E-state index in [1.807, 2.05) is 6.92 Å². The number of carbonyl (C=O) groups excluding carboxylic acids is 4. The normalized spacial score (nSPS) is 12.2. The first-order valence-electron chi connectivity index (χ1n) is 8.79. The van der Waals surface area contributed by atoms with Crippen LogP contribution in [0.4, 0.5) is 5.69 Å². The molecule has 1 aliphatic rings. The summed E-state index contributed by atoms with van der Waals surface area (Å²) in [6, 6.07) is 11.3. The van der Waals surface area contributed by atoms with Crippen molar-refractivity contribution in [3.05, 3.63) is 64.7 Å². The largest absolute Gasteiger partial charge is 0.456 e. The minimum atomic E-state index is -0.563. The second-order valence-electron chi connectivity index (χ2n) is 6.24. The Bertz CT molecular complexity index is 932. The maximum absolute atomic E-state index is 12.9. The maximum atomic E-state index is 12.9. The first kappa shape index (κ1) is 18.5. The molecular weight excluding hydrogens is 346 g/mol. The molecule has 27 heavy (non-hydrogen) atoms. The lowest BCUT2D eigenvalue weighted by atomic mass is 9.83. The fourth-order valence-electron chi connectivity index (χ4n) is 2.97. The van der Waals surface area contributed by atoms with Crippen molar-refractivity contribution in [2.75, 3.05) is 11.9 Å². The Balaban J connectivity index is 1.79. The van der Waals surface area contributed by atoms with Crippen molar-refractivity contribution in [2.45, 2.75) is 26.2 Å². The summed E-state index contributed by atoms with van der Waals surface area (Å²) in [5, 5.41) is 2.57. The van der Waals surface area contributed by atoms with Crippen molar-refractivity contribution < 1.29 is 23.9 Å². The number of hydrogen-bond acceptors (Lipinski definition) is 5. The van der Waals surface area contributed by atoms with E-state index in [2.05, 4.69) is 5.32 Å². The standard InChI is InChI=1S/C21H19NO5/c1-2-3-11-18(24)27-12-17(23)22-16-10-6-9-15-19(16)21(26)14-8-5-4-7-13(14)20(15)25/h4-10H,2-3,11-12H2,1H3,(H,22,23). The van der Waals surface area contributed by atoms with E-state index in [1.165, 1.54) is 0 Å². The number of rotatable bonds is 6. The third-order valence-electron chi connectivity index (χ3n) is 4.33. The zero-order valence-corrected chi connectivity index (χ0v) is 14.9. The monoisotopic (exact) mass is 365 g/mol. The van der Waals surface area contributed by atoms with E-state index < -0.39 is 18.5 Å². The van der Waals surface area contributed by atoms with E-state index in [0.29, 0.717) is 17.5 Å². The van der Waals surface area contributed by atoms with Crippen molar-refractivity contribution in [3.8, 4) is 0 Å². The summed E-state index contributed by atoms with van der Waals surface area (Å²) in [4.78, 5) is 49.2. The molecule has 0 aliphatic heterocycles. The number of unbranched alkanes of at least 4 members (excludes halogenated alkanes) is 1. The van der Waals surface area contributed by atoms with Gasteiger partial charge in [0, 0.05) is 23.1 Å². The van der Waals surface area contributed by atoms with Crippen LogP contribution in [0.15, 0.2) is 42.5 Å². The Morgan fingerprint density at radius 2 is 1.59 bits per heavy atom. The van der Waals surface area contributed by atoms with Crippen LogP contribution in [0, 0.1) is 0 Å². The molecular formula is C21H19NO5. The Morgan fingerprint density at radius 1 is 0.926 bits per heavy atom. The number of esters is 1. The third-order valence-corrected chi connectivity index (χ3v) is 4.33. The lowest BCUT2D eigenvalue weighted by Gasteiger charge is -2.20. The van der Waals surface area contributed by atoms with Crippen LogP contribution < -0.4 is 5.32 Å². The van der Waals surface area contributed by atoms with Gasteiger partial charge in [-0.1, -0.05) is 49.7 Å². The highest BCUT2D eigenvalue weighted by Gasteiger charge is 2.31. The lowest BCUT2D eigenvalue weighted by Crippen LogP contribution is -2.26.